The van der Waals surface area contributed by atoms with Crippen LogP contribution < -0.4 is 9.47 Å². The zero-order chi connectivity index (χ0) is 23.5. The predicted octanol–water partition coefficient (Wildman–Crippen LogP) is 7.34. The van der Waals surface area contributed by atoms with E-state index in [1.807, 2.05) is 24.3 Å². The van der Waals surface area contributed by atoms with Crippen LogP contribution in [0.15, 0.2) is 69.8 Å². The summed E-state index contributed by atoms with van der Waals surface area (Å²) >= 11 is 22.0. The number of esters is 1. The number of halogens is 4. The number of carbonyl (C=O) groups excluding carboxylic acids is 1. The highest BCUT2D eigenvalue weighted by molar-refractivity contribution is 9.10. The van der Waals surface area contributed by atoms with Crippen molar-refractivity contribution >= 4 is 68.7 Å². The SMILES string of the molecule is COc1cc(/C=C2\N=C(c3ccc(Cl)cc3Cl)OC2=O)cc(Cl)c1OCc1ccc(Br)cc1. The van der Waals surface area contributed by atoms with E-state index in [1.165, 1.54) is 7.11 Å². The minimum Gasteiger partial charge on any atom is -0.493 e. The van der Waals surface area contributed by atoms with Crippen LogP contribution in [0.4, 0.5) is 0 Å². The number of cyclic esters (lactones) is 1. The molecule has 1 aliphatic heterocycles. The van der Waals surface area contributed by atoms with E-state index in [4.69, 9.17) is 49.0 Å². The van der Waals surface area contributed by atoms with E-state index in [2.05, 4.69) is 20.9 Å². The molecule has 3 aromatic carbocycles. The third kappa shape index (κ3) is 5.53. The first-order chi connectivity index (χ1) is 15.8. The van der Waals surface area contributed by atoms with Gasteiger partial charge in [0.15, 0.2) is 17.2 Å². The minimum absolute atomic E-state index is 0.0951. The molecule has 0 saturated heterocycles. The molecule has 3 aromatic rings. The zero-order valence-corrected chi connectivity index (χ0v) is 20.9. The summed E-state index contributed by atoms with van der Waals surface area (Å²) < 4.78 is 17.6. The van der Waals surface area contributed by atoms with Crippen molar-refractivity contribution in [2.45, 2.75) is 6.61 Å². The lowest BCUT2D eigenvalue weighted by Gasteiger charge is -2.13. The Morgan fingerprint density at radius 3 is 2.48 bits per heavy atom. The highest BCUT2D eigenvalue weighted by Gasteiger charge is 2.26. The highest BCUT2D eigenvalue weighted by atomic mass is 79.9. The molecule has 5 nitrogen and oxygen atoms in total. The Balaban J connectivity index is 1.60. The summed E-state index contributed by atoms with van der Waals surface area (Å²) in [7, 11) is 1.51. The van der Waals surface area contributed by atoms with E-state index in [-0.39, 0.29) is 11.6 Å². The normalized spacial score (nSPS) is 14.3. The molecule has 0 unspecified atom stereocenters. The van der Waals surface area contributed by atoms with E-state index in [0.29, 0.717) is 44.3 Å². The molecule has 168 valence electrons. The maximum Gasteiger partial charge on any atom is 0.363 e. The zero-order valence-electron chi connectivity index (χ0n) is 17.1. The Labute approximate surface area is 213 Å². The first kappa shape index (κ1) is 23.6. The van der Waals surface area contributed by atoms with Gasteiger partial charge in [-0.3, -0.25) is 0 Å². The molecule has 0 atom stereocenters. The van der Waals surface area contributed by atoms with E-state index in [9.17, 15) is 4.79 Å². The average Bonchev–Trinajstić information content (AvgIpc) is 3.13. The molecule has 33 heavy (non-hydrogen) atoms. The van der Waals surface area contributed by atoms with Crippen LogP contribution in [-0.2, 0) is 16.1 Å². The predicted molar refractivity (Wildman–Crippen MR) is 134 cm³/mol. The number of hydrogen-bond donors (Lipinski definition) is 0. The number of benzene rings is 3. The van der Waals surface area contributed by atoms with E-state index >= 15 is 0 Å². The topological polar surface area (TPSA) is 57.1 Å². The number of carbonyl (C=O) groups is 1. The molecule has 0 saturated carbocycles. The van der Waals surface area contributed by atoms with Crippen molar-refractivity contribution in [3.63, 3.8) is 0 Å². The Kier molecular flexibility index (Phi) is 7.29. The number of nitrogens with zero attached hydrogens (tertiary/aromatic N) is 1. The average molecular weight is 568 g/mol. The van der Waals surface area contributed by atoms with Crippen LogP contribution in [0.1, 0.15) is 16.7 Å². The number of methoxy groups -OCH3 is 1. The van der Waals surface area contributed by atoms with Gasteiger partial charge in [0.2, 0.25) is 5.90 Å². The van der Waals surface area contributed by atoms with Crippen LogP contribution in [0.3, 0.4) is 0 Å². The molecule has 0 amide bonds. The fraction of sp³-hybridized carbons (Fsp3) is 0.0833. The second kappa shape index (κ2) is 10.2. The van der Waals surface area contributed by atoms with Crippen LogP contribution in [0.2, 0.25) is 15.1 Å². The maximum atomic E-state index is 12.4. The fourth-order valence-electron chi connectivity index (χ4n) is 3.04. The largest absolute Gasteiger partial charge is 0.493 e. The Morgan fingerprint density at radius 2 is 1.79 bits per heavy atom. The molecular formula is C24H15BrCl3NO4. The molecular weight excluding hydrogens is 553 g/mol. The third-order valence-electron chi connectivity index (χ3n) is 4.63. The summed E-state index contributed by atoms with van der Waals surface area (Å²) in [5.74, 6) is 0.306. The quantitative estimate of drug-likeness (QED) is 0.231. The summed E-state index contributed by atoms with van der Waals surface area (Å²) in [6, 6.07) is 15.9. The smallest absolute Gasteiger partial charge is 0.363 e. The van der Waals surface area contributed by atoms with Gasteiger partial charge in [0, 0.05) is 9.50 Å². The molecule has 0 fully saturated rings. The first-order valence-electron chi connectivity index (χ1n) is 9.57. The second-order valence-corrected chi connectivity index (χ2v) is 9.08. The summed E-state index contributed by atoms with van der Waals surface area (Å²) in [5, 5.41) is 1.12. The van der Waals surface area contributed by atoms with Crippen molar-refractivity contribution in [3.8, 4) is 11.5 Å². The van der Waals surface area contributed by atoms with Crippen LogP contribution in [-0.4, -0.2) is 19.0 Å². The molecule has 0 aromatic heterocycles. The lowest BCUT2D eigenvalue weighted by Crippen LogP contribution is -2.05. The van der Waals surface area contributed by atoms with Crippen molar-refractivity contribution in [1.29, 1.82) is 0 Å². The number of rotatable bonds is 6. The first-order valence-corrected chi connectivity index (χ1v) is 11.5. The standard InChI is InChI=1S/C24H15BrCl3NO4/c1-31-21-10-14(8-19(28)22(21)32-12-13-2-4-15(25)5-3-13)9-20-24(30)33-23(29-20)17-7-6-16(26)11-18(17)27/h2-11H,12H2,1H3/b20-9-. The van der Waals surface area contributed by atoms with E-state index in [1.54, 1.807) is 36.4 Å². The molecule has 1 aliphatic rings. The van der Waals surface area contributed by atoms with Crippen LogP contribution in [0.5, 0.6) is 11.5 Å². The fourth-order valence-corrected chi connectivity index (χ4v) is 4.07. The highest BCUT2D eigenvalue weighted by Crippen LogP contribution is 2.38. The van der Waals surface area contributed by atoms with Crippen LogP contribution in [0, 0.1) is 0 Å². The van der Waals surface area contributed by atoms with Crippen molar-refractivity contribution in [2.75, 3.05) is 7.11 Å². The summed E-state index contributed by atoms with van der Waals surface area (Å²) in [6.45, 7) is 0.311. The van der Waals surface area contributed by atoms with Gasteiger partial charge in [-0.2, -0.15) is 0 Å². The molecule has 0 N–H and O–H groups in total. The molecule has 0 spiro atoms. The monoisotopic (exact) mass is 565 g/mol. The molecule has 1 heterocycles. The van der Waals surface area contributed by atoms with Gasteiger partial charge in [0.25, 0.3) is 0 Å². The number of ether oxygens (including phenoxy) is 3. The Morgan fingerprint density at radius 1 is 1.03 bits per heavy atom. The summed E-state index contributed by atoms with van der Waals surface area (Å²) in [4.78, 5) is 16.6. The van der Waals surface area contributed by atoms with E-state index in [0.717, 1.165) is 10.0 Å². The Hall–Kier alpha value is -2.51. The molecule has 0 radical (unpaired) electrons. The molecule has 4 rings (SSSR count). The van der Waals surface area contributed by atoms with E-state index < -0.39 is 5.97 Å². The van der Waals surface area contributed by atoms with Crippen molar-refractivity contribution < 1.29 is 19.0 Å². The van der Waals surface area contributed by atoms with Gasteiger partial charge in [0.05, 0.1) is 22.7 Å². The summed E-state index contributed by atoms with van der Waals surface area (Å²) in [6.07, 6.45) is 1.55. The lowest BCUT2D eigenvalue weighted by atomic mass is 10.1. The van der Waals surface area contributed by atoms with Crippen molar-refractivity contribution in [1.82, 2.24) is 0 Å². The third-order valence-corrected chi connectivity index (χ3v) is 5.99. The van der Waals surface area contributed by atoms with Gasteiger partial charge >= 0.3 is 5.97 Å². The van der Waals surface area contributed by atoms with Gasteiger partial charge in [-0.15, -0.1) is 0 Å². The van der Waals surface area contributed by atoms with Crippen LogP contribution in [0.25, 0.3) is 6.08 Å². The molecule has 0 aliphatic carbocycles. The summed E-state index contributed by atoms with van der Waals surface area (Å²) in [5.41, 5.74) is 2.12. The number of aliphatic imine (C=N–C) groups is 1. The Bertz CT molecular complexity index is 1290. The lowest BCUT2D eigenvalue weighted by molar-refractivity contribution is -0.129. The molecule has 0 bridgehead atoms. The van der Waals surface area contributed by atoms with Gasteiger partial charge in [-0.05, 0) is 59.7 Å². The molecule has 9 heteroatoms. The second-order valence-electron chi connectivity index (χ2n) is 6.91. The van der Waals surface area contributed by atoms with Gasteiger partial charge in [0.1, 0.15) is 6.61 Å². The number of hydrogen-bond acceptors (Lipinski definition) is 5. The van der Waals surface area contributed by atoms with Gasteiger partial charge in [-0.25, -0.2) is 9.79 Å². The van der Waals surface area contributed by atoms with Crippen molar-refractivity contribution in [2.24, 2.45) is 4.99 Å². The maximum absolute atomic E-state index is 12.4. The van der Waals surface area contributed by atoms with Gasteiger partial charge < -0.3 is 14.2 Å². The van der Waals surface area contributed by atoms with Crippen LogP contribution >= 0.6 is 50.7 Å². The van der Waals surface area contributed by atoms with Crippen molar-refractivity contribution in [3.05, 3.63) is 96.5 Å². The van der Waals surface area contributed by atoms with Gasteiger partial charge in [-0.1, -0.05) is 62.9 Å². The minimum atomic E-state index is -0.610.